The van der Waals surface area contributed by atoms with Crippen molar-refractivity contribution in [3.63, 3.8) is 0 Å². The highest BCUT2D eigenvalue weighted by Gasteiger charge is 2.18. The Morgan fingerprint density at radius 1 is 1.37 bits per heavy atom. The molecule has 1 aliphatic heterocycles. The maximum Gasteiger partial charge on any atom is 0.167 e. The van der Waals surface area contributed by atoms with E-state index in [9.17, 15) is 4.79 Å². The van der Waals surface area contributed by atoms with Gasteiger partial charge < -0.3 is 14.2 Å². The Balaban J connectivity index is 2.08. The van der Waals surface area contributed by atoms with Gasteiger partial charge in [-0.05, 0) is 38.3 Å². The molecule has 1 heterocycles. The first-order chi connectivity index (χ1) is 9.22. The Labute approximate surface area is 113 Å². The van der Waals surface area contributed by atoms with Crippen LogP contribution in [0, 0.1) is 0 Å². The van der Waals surface area contributed by atoms with Crippen LogP contribution in [0.4, 0.5) is 0 Å². The largest absolute Gasteiger partial charge is 0.496 e. The molecule has 1 aromatic rings. The first kappa shape index (κ1) is 13.9. The van der Waals surface area contributed by atoms with Crippen LogP contribution in [0.15, 0.2) is 18.2 Å². The Morgan fingerprint density at radius 3 is 2.79 bits per heavy atom. The quantitative estimate of drug-likeness (QED) is 0.767. The zero-order valence-electron chi connectivity index (χ0n) is 11.5. The number of carbonyl (C=O) groups excluding carboxylic acids is 1. The van der Waals surface area contributed by atoms with Crippen LogP contribution in [-0.4, -0.2) is 32.2 Å². The average Bonchev–Trinajstić information content (AvgIpc) is 2.45. The highest BCUT2D eigenvalue weighted by molar-refractivity contribution is 5.99. The summed E-state index contributed by atoms with van der Waals surface area (Å²) in [6, 6.07) is 5.38. The molecule has 19 heavy (non-hydrogen) atoms. The number of hydrogen-bond donors (Lipinski definition) is 0. The van der Waals surface area contributed by atoms with Crippen LogP contribution in [0.2, 0.25) is 0 Å². The summed E-state index contributed by atoms with van der Waals surface area (Å²) < 4.78 is 16.6. The van der Waals surface area contributed by atoms with Crippen LogP contribution in [-0.2, 0) is 4.74 Å². The second-order valence-electron chi connectivity index (χ2n) is 4.69. The average molecular weight is 264 g/mol. The molecule has 1 atom stereocenters. The lowest BCUT2D eigenvalue weighted by molar-refractivity contribution is -0.0112. The van der Waals surface area contributed by atoms with Crippen molar-refractivity contribution in [2.45, 2.75) is 32.3 Å². The van der Waals surface area contributed by atoms with Gasteiger partial charge in [0.1, 0.15) is 23.7 Å². The Morgan fingerprint density at radius 2 is 2.16 bits per heavy atom. The molecular weight excluding hydrogens is 244 g/mol. The molecule has 2 rings (SSSR count). The SMILES string of the molecule is COc1cccc(OCC2CCCCO2)c1C(C)=O. The number of ether oxygens (including phenoxy) is 3. The summed E-state index contributed by atoms with van der Waals surface area (Å²) in [6.07, 6.45) is 3.43. The summed E-state index contributed by atoms with van der Waals surface area (Å²) in [5, 5.41) is 0. The lowest BCUT2D eigenvalue weighted by Crippen LogP contribution is -2.26. The van der Waals surface area contributed by atoms with E-state index >= 15 is 0 Å². The van der Waals surface area contributed by atoms with Crippen molar-refractivity contribution in [1.82, 2.24) is 0 Å². The van der Waals surface area contributed by atoms with Gasteiger partial charge in [0.25, 0.3) is 0 Å². The van der Waals surface area contributed by atoms with Gasteiger partial charge in [-0.3, -0.25) is 4.79 Å². The van der Waals surface area contributed by atoms with E-state index < -0.39 is 0 Å². The number of rotatable bonds is 5. The second-order valence-corrected chi connectivity index (χ2v) is 4.69. The van der Waals surface area contributed by atoms with Gasteiger partial charge in [-0.1, -0.05) is 6.07 Å². The van der Waals surface area contributed by atoms with Crippen molar-refractivity contribution in [2.75, 3.05) is 20.3 Å². The molecule has 1 unspecified atom stereocenters. The van der Waals surface area contributed by atoms with E-state index in [-0.39, 0.29) is 11.9 Å². The van der Waals surface area contributed by atoms with Crippen molar-refractivity contribution < 1.29 is 19.0 Å². The maximum atomic E-state index is 11.7. The summed E-state index contributed by atoms with van der Waals surface area (Å²) in [7, 11) is 1.55. The van der Waals surface area contributed by atoms with Crippen LogP contribution in [0.25, 0.3) is 0 Å². The molecule has 1 fully saturated rings. The van der Waals surface area contributed by atoms with Gasteiger partial charge in [-0.25, -0.2) is 0 Å². The van der Waals surface area contributed by atoms with Crippen LogP contribution < -0.4 is 9.47 Å². The minimum Gasteiger partial charge on any atom is -0.496 e. The van der Waals surface area contributed by atoms with E-state index in [1.54, 1.807) is 19.2 Å². The first-order valence-corrected chi connectivity index (χ1v) is 6.64. The topological polar surface area (TPSA) is 44.8 Å². The molecule has 0 aromatic heterocycles. The van der Waals surface area contributed by atoms with Gasteiger partial charge >= 0.3 is 0 Å². The predicted octanol–water partition coefficient (Wildman–Crippen LogP) is 2.85. The third-order valence-electron chi connectivity index (χ3n) is 3.26. The summed E-state index contributed by atoms with van der Waals surface area (Å²) in [5.74, 6) is 1.06. The molecule has 4 heteroatoms. The molecule has 104 valence electrons. The van der Waals surface area contributed by atoms with E-state index in [0.717, 1.165) is 19.4 Å². The zero-order valence-corrected chi connectivity index (χ0v) is 11.5. The minimum atomic E-state index is -0.0583. The molecule has 0 spiro atoms. The minimum absolute atomic E-state index is 0.0583. The molecule has 0 amide bonds. The summed E-state index contributed by atoms with van der Waals surface area (Å²) >= 11 is 0. The number of carbonyl (C=O) groups is 1. The molecule has 0 bridgehead atoms. The van der Waals surface area contributed by atoms with Crippen LogP contribution in [0.5, 0.6) is 11.5 Å². The molecule has 1 aliphatic rings. The van der Waals surface area contributed by atoms with Crippen LogP contribution in [0.1, 0.15) is 36.5 Å². The van der Waals surface area contributed by atoms with Gasteiger partial charge in [0, 0.05) is 6.61 Å². The van der Waals surface area contributed by atoms with Crippen LogP contribution in [0.3, 0.4) is 0 Å². The monoisotopic (exact) mass is 264 g/mol. The van der Waals surface area contributed by atoms with Crippen molar-refractivity contribution in [2.24, 2.45) is 0 Å². The fourth-order valence-electron chi connectivity index (χ4n) is 2.27. The molecule has 0 radical (unpaired) electrons. The molecular formula is C15H20O4. The lowest BCUT2D eigenvalue weighted by Gasteiger charge is -2.23. The maximum absolute atomic E-state index is 11.7. The highest BCUT2D eigenvalue weighted by atomic mass is 16.5. The van der Waals surface area contributed by atoms with Crippen molar-refractivity contribution in [3.05, 3.63) is 23.8 Å². The predicted molar refractivity (Wildman–Crippen MR) is 72.1 cm³/mol. The Hall–Kier alpha value is -1.55. The lowest BCUT2D eigenvalue weighted by atomic mass is 10.1. The number of benzene rings is 1. The normalized spacial score (nSPS) is 18.9. The third kappa shape index (κ3) is 3.47. The fraction of sp³-hybridized carbons (Fsp3) is 0.533. The van der Waals surface area contributed by atoms with E-state index in [1.807, 2.05) is 6.07 Å². The van der Waals surface area contributed by atoms with Gasteiger partial charge in [0.15, 0.2) is 5.78 Å². The van der Waals surface area contributed by atoms with Gasteiger partial charge in [-0.2, -0.15) is 0 Å². The zero-order chi connectivity index (χ0) is 13.7. The number of Topliss-reactive ketones (excluding diaryl/α,β-unsaturated/α-hetero) is 1. The van der Waals surface area contributed by atoms with Crippen molar-refractivity contribution in [3.8, 4) is 11.5 Å². The van der Waals surface area contributed by atoms with E-state index in [0.29, 0.717) is 23.7 Å². The number of hydrogen-bond acceptors (Lipinski definition) is 4. The molecule has 0 aliphatic carbocycles. The first-order valence-electron chi connectivity index (χ1n) is 6.64. The summed E-state index contributed by atoms with van der Waals surface area (Å²) in [5.41, 5.74) is 0.501. The van der Waals surface area contributed by atoms with Gasteiger partial charge in [0.05, 0.1) is 13.2 Å². The Bertz CT molecular complexity index is 436. The molecule has 0 saturated carbocycles. The van der Waals surface area contributed by atoms with E-state index in [4.69, 9.17) is 14.2 Å². The van der Waals surface area contributed by atoms with Gasteiger partial charge in [-0.15, -0.1) is 0 Å². The summed E-state index contributed by atoms with van der Waals surface area (Å²) in [6.45, 7) is 2.79. The van der Waals surface area contributed by atoms with Crippen molar-refractivity contribution in [1.29, 1.82) is 0 Å². The van der Waals surface area contributed by atoms with E-state index in [1.165, 1.54) is 13.3 Å². The smallest absolute Gasteiger partial charge is 0.167 e. The molecule has 1 aromatic carbocycles. The number of ketones is 1. The van der Waals surface area contributed by atoms with E-state index in [2.05, 4.69) is 0 Å². The Kier molecular flexibility index (Phi) is 4.80. The summed E-state index contributed by atoms with van der Waals surface area (Å²) in [4.78, 5) is 11.7. The van der Waals surface area contributed by atoms with Gasteiger partial charge in [0.2, 0.25) is 0 Å². The van der Waals surface area contributed by atoms with Crippen LogP contribution >= 0.6 is 0 Å². The molecule has 4 nitrogen and oxygen atoms in total. The van der Waals surface area contributed by atoms with Crippen molar-refractivity contribution >= 4 is 5.78 Å². The standard InChI is InChI=1S/C15H20O4/c1-11(16)15-13(17-2)7-5-8-14(15)19-10-12-6-3-4-9-18-12/h5,7-8,12H,3-4,6,9-10H2,1-2H3. The fourth-order valence-corrected chi connectivity index (χ4v) is 2.27. The number of methoxy groups -OCH3 is 1. The molecule has 0 N–H and O–H groups in total. The third-order valence-corrected chi connectivity index (χ3v) is 3.26. The molecule has 1 saturated heterocycles. The highest BCUT2D eigenvalue weighted by Crippen LogP contribution is 2.29. The second kappa shape index (κ2) is 6.57.